The summed E-state index contributed by atoms with van der Waals surface area (Å²) in [5.41, 5.74) is 0.995. The van der Waals surface area contributed by atoms with E-state index in [0.29, 0.717) is 17.7 Å². The topological polar surface area (TPSA) is 91.3 Å². The fraction of sp³-hybridized carbons (Fsp3) is 0.278. The fourth-order valence-corrected chi connectivity index (χ4v) is 5.69. The first kappa shape index (κ1) is 35.7. The Bertz CT molecular complexity index is 1750. The number of ether oxygens (including phenoxy) is 2. The summed E-state index contributed by atoms with van der Waals surface area (Å²) in [4.78, 5) is 41.1. The first-order valence-corrected chi connectivity index (χ1v) is 14.9. The van der Waals surface area contributed by atoms with E-state index in [2.05, 4.69) is 18.3 Å². The van der Waals surface area contributed by atoms with Crippen LogP contribution >= 0.6 is 0 Å². The normalized spacial score (nSPS) is 13.6. The number of hydrogen-bond donors (Lipinski definition) is 0. The predicted octanol–water partition coefficient (Wildman–Crippen LogP) is 7.86. The minimum absolute atomic E-state index is 0.0685. The number of fused-ring (bicyclic) bond motifs is 3. The van der Waals surface area contributed by atoms with Gasteiger partial charge in [0.05, 0.1) is 13.2 Å². The molecule has 12 heteroatoms. The molecule has 0 saturated carbocycles. The molecule has 3 aromatic carbocycles. The number of esters is 2. The van der Waals surface area contributed by atoms with Crippen molar-refractivity contribution >= 4 is 23.6 Å². The molecular weight excluding hydrogens is 637 g/mol. The molecule has 48 heavy (non-hydrogen) atoms. The van der Waals surface area contributed by atoms with Gasteiger partial charge in [-0.3, -0.25) is 0 Å². The SMILES string of the molecule is C=CC(=O)OCCC1(CCOC(=O)C=C)c2ccccc2-c2ccc(/C(=N/OC(=O)CC)c3cc(C(F)(F)C(F)(F)F)ccc3C)cc21. The summed E-state index contributed by atoms with van der Waals surface area (Å²) in [6.45, 7) is 9.70. The molecular formula is C36H32F5NO6. The van der Waals surface area contributed by atoms with E-state index in [1.807, 2.05) is 24.3 Å². The molecule has 0 heterocycles. The summed E-state index contributed by atoms with van der Waals surface area (Å²) in [5.74, 6) is -7.25. The van der Waals surface area contributed by atoms with Crippen LogP contribution in [0.3, 0.4) is 0 Å². The molecule has 1 aliphatic rings. The van der Waals surface area contributed by atoms with E-state index in [1.54, 1.807) is 18.2 Å². The lowest BCUT2D eigenvalue weighted by molar-refractivity contribution is -0.289. The van der Waals surface area contributed by atoms with Crippen molar-refractivity contribution < 1.29 is 50.6 Å². The molecule has 1 aliphatic carbocycles. The number of oxime groups is 1. The molecule has 7 nitrogen and oxygen atoms in total. The maximum atomic E-state index is 14.5. The van der Waals surface area contributed by atoms with Crippen molar-refractivity contribution in [3.05, 3.63) is 119 Å². The van der Waals surface area contributed by atoms with Gasteiger partial charge in [0.15, 0.2) is 0 Å². The number of nitrogens with zero attached hydrogens (tertiary/aromatic N) is 1. The van der Waals surface area contributed by atoms with Gasteiger partial charge in [0.1, 0.15) is 5.71 Å². The lowest BCUT2D eigenvalue weighted by Crippen LogP contribution is -2.33. The molecule has 0 spiro atoms. The Morgan fingerprint density at radius 2 is 1.44 bits per heavy atom. The average Bonchev–Trinajstić information content (AvgIpc) is 3.33. The quantitative estimate of drug-likeness (QED) is 0.0460. The van der Waals surface area contributed by atoms with Crippen LogP contribution in [0.4, 0.5) is 22.0 Å². The lowest BCUT2D eigenvalue weighted by atomic mass is 9.72. The van der Waals surface area contributed by atoms with E-state index in [9.17, 15) is 36.3 Å². The third-order valence-electron chi connectivity index (χ3n) is 8.16. The van der Waals surface area contributed by atoms with Crippen LogP contribution in [-0.4, -0.2) is 43.0 Å². The van der Waals surface area contributed by atoms with Gasteiger partial charge in [-0.05, 0) is 59.7 Å². The van der Waals surface area contributed by atoms with Crippen LogP contribution in [0.5, 0.6) is 0 Å². The molecule has 0 unspecified atom stereocenters. The van der Waals surface area contributed by atoms with Gasteiger partial charge < -0.3 is 14.3 Å². The Kier molecular flexibility index (Phi) is 10.7. The highest BCUT2D eigenvalue weighted by Crippen LogP contribution is 2.53. The highest BCUT2D eigenvalue weighted by Gasteiger charge is 2.58. The van der Waals surface area contributed by atoms with Gasteiger partial charge in [0.2, 0.25) is 0 Å². The van der Waals surface area contributed by atoms with Crippen LogP contribution in [0, 0.1) is 6.92 Å². The average molecular weight is 670 g/mol. The number of rotatable bonds is 13. The van der Waals surface area contributed by atoms with Gasteiger partial charge in [0.25, 0.3) is 0 Å². The Balaban J connectivity index is 1.94. The van der Waals surface area contributed by atoms with E-state index in [1.165, 1.54) is 13.8 Å². The molecule has 0 fully saturated rings. The highest BCUT2D eigenvalue weighted by atomic mass is 19.4. The Labute approximate surface area is 273 Å². The number of hydrogen-bond acceptors (Lipinski definition) is 7. The first-order chi connectivity index (χ1) is 22.7. The van der Waals surface area contributed by atoms with Gasteiger partial charge in [-0.15, -0.1) is 0 Å². The van der Waals surface area contributed by atoms with Gasteiger partial charge in [-0.2, -0.15) is 22.0 Å². The predicted molar refractivity (Wildman–Crippen MR) is 167 cm³/mol. The van der Waals surface area contributed by atoms with Crippen LogP contribution in [0.25, 0.3) is 11.1 Å². The summed E-state index contributed by atoms with van der Waals surface area (Å²) >= 11 is 0. The number of halogens is 5. The van der Waals surface area contributed by atoms with Crippen LogP contribution < -0.4 is 0 Å². The van der Waals surface area contributed by atoms with E-state index in [4.69, 9.17) is 14.3 Å². The maximum Gasteiger partial charge on any atom is 0.458 e. The zero-order valence-electron chi connectivity index (χ0n) is 26.2. The van der Waals surface area contributed by atoms with Crippen molar-refractivity contribution in [2.45, 2.75) is 50.6 Å². The Hall–Kier alpha value is -5.13. The number of benzene rings is 3. The molecule has 3 aromatic rings. The van der Waals surface area contributed by atoms with Gasteiger partial charge in [0, 0.05) is 40.7 Å². The second-order valence-corrected chi connectivity index (χ2v) is 11.0. The Morgan fingerprint density at radius 1 is 0.833 bits per heavy atom. The van der Waals surface area contributed by atoms with Gasteiger partial charge in [-0.25, -0.2) is 14.4 Å². The lowest BCUT2D eigenvalue weighted by Gasteiger charge is -2.32. The van der Waals surface area contributed by atoms with Crippen LogP contribution in [0.15, 0.2) is 91.1 Å². The minimum Gasteiger partial charge on any atom is -0.462 e. The smallest absolute Gasteiger partial charge is 0.458 e. The molecule has 252 valence electrons. The number of aryl methyl sites for hydroxylation is 1. The summed E-state index contributed by atoms with van der Waals surface area (Å²) in [6, 6.07) is 14.9. The van der Waals surface area contributed by atoms with Crippen molar-refractivity contribution in [3.63, 3.8) is 0 Å². The number of alkyl halides is 5. The standard InChI is InChI=1S/C36H32F5NO6/c1-5-30(43)46-18-16-34(17-19-47-31(44)6-2)28-11-9-8-10-25(28)26-15-13-23(20-29(26)34)33(42-48-32(45)7-3)27-21-24(14-12-22(27)4)35(37,38)36(39,40)41/h5-6,8-15,20-21H,1-2,7,16-19H2,3-4H3/b42-33-. The van der Waals surface area contributed by atoms with Crippen molar-refractivity contribution in [2.24, 2.45) is 5.16 Å². The third-order valence-corrected chi connectivity index (χ3v) is 8.16. The second kappa shape index (κ2) is 14.3. The second-order valence-electron chi connectivity index (χ2n) is 11.0. The summed E-state index contributed by atoms with van der Waals surface area (Å²) in [6.07, 6.45) is -3.50. The van der Waals surface area contributed by atoms with Crippen LogP contribution in [0.1, 0.15) is 59.6 Å². The van der Waals surface area contributed by atoms with Crippen LogP contribution in [0.2, 0.25) is 0 Å². The Morgan fingerprint density at radius 3 is 2.02 bits per heavy atom. The number of carbonyl (C=O) groups excluding carboxylic acids is 3. The molecule has 4 rings (SSSR count). The van der Waals surface area contributed by atoms with E-state index in [-0.39, 0.29) is 54.9 Å². The van der Waals surface area contributed by atoms with Crippen molar-refractivity contribution in [1.82, 2.24) is 0 Å². The molecule has 0 N–H and O–H groups in total. The highest BCUT2D eigenvalue weighted by molar-refractivity contribution is 6.14. The van der Waals surface area contributed by atoms with E-state index >= 15 is 0 Å². The minimum atomic E-state index is -5.87. The summed E-state index contributed by atoms with van der Waals surface area (Å²) < 4.78 is 79.8. The van der Waals surface area contributed by atoms with Gasteiger partial charge in [-0.1, -0.05) is 73.8 Å². The third kappa shape index (κ3) is 7.07. The molecule has 0 amide bonds. The zero-order valence-corrected chi connectivity index (χ0v) is 26.2. The number of carbonyl (C=O) groups is 3. The molecule has 0 aromatic heterocycles. The van der Waals surface area contributed by atoms with Gasteiger partial charge >= 0.3 is 30.0 Å². The first-order valence-electron chi connectivity index (χ1n) is 14.9. The van der Waals surface area contributed by atoms with E-state index < -0.39 is 41.0 Å². The molecule has 0 radical (unpaired) electrons. The molecule has 0 bridgehead atoms. The van der Waals surface area contributed by atoms with Crippen molar-refractivity contribution in [2.75, 3.05) is 13.2 Å². The monoisotopic (exact) mass is 669 g/mol. The summed E-state index contributed by atoms with van der Waals surface area (Å²) in [7, 11) is 0. The van der Waals surface area contributed by atoms with E-state index in [0.717, 1.165) is 34.9 Å². The maximum absolute atomic E-state index is 14.5. The van der Waals surface area contributed by atoms with Crippen LogP contribution in [-0.2, 0) is 40.0 Å². The van der Waals surface area contributed by atoms with Crippen molar-refractivity contribution in [1.29, 1.82) is 0 Å². The largest absolute Gasteiger partial charge is 0.462 e. The fourth-order valence-electron chi connectivity index (χ4n) is 5.69. The zero-order chi connectivity index (χ0) is 35.3. The molecule has 0 atom stereocenters. The van der Waals surface area contributed by atoms with Crippen molar-refractivity contribution in [3.8, 4) is 11.1 Å². The molecule has 0 aliphatic heterocycles. The summed E-state index contributed by atoms with van der Waals surface area (Å²) in [5, 5.41) is 3.98. The molecule has 0 saturated heterocycles.